The van der Waals surface area contributed by atoms with Crippen LogP contribution in [0.3, 0.4) is 0 Å². The molecule has 1 aromatic carbocycles. The van der Waals surface area contributed by atoms with Gasteiger partial charge in [-0.15, -0.1) is 0 Å². The van der Waals surface area contributed by atoms with Gasteiger partial charge in [-0.3, -0.25) is 24.3 Å². The number of ether oxygens (including phenoxy) is 2. The third kappa shape index (κ3) is 4.25. The molecule has 0 atom stereocenters. The Balaban J connectivity index is 1.69. The zero-order valence-corrected chi connectivity index (χ0v) is 17.1. The monoisotopic (exact) mass is 413 g/mol. The van der Waals surface area contributed by atoms with Crippen LogP contribution in [0.5, 0.6) is 0 Å². The van der Waals surface area contributed by atoms with E-state index < -0.39 is 30.2 Å². The molecular formula is C21H23N3O6. The van der Waals surface area contributed by atoms with E-state index in [-0.39, 0.29) is 16.6 Å². The maximum Gasteiger partial charge on any atom is 0.328 e. The van der Waals surface area contributed by atoms with Crippen molar-refractivity contribution in [2.24, 2.45) is 0 Å². The van der Waals surface area contributed by atoms with E-state index in [1.165, 1.54) is 12.1 Å². The number of hydrogen-bond donors (Lipinski definition) is 1. The maximum atomic E-state index is 12.5. The molecule has 0 aliphatic rings. The first-order chi connectivity index (χ1) is 14.3. The Labute approximate surface area is 171 Å². The number of carbonyl (C=O) groups excluding carboxylic acids is 2. The van der Waals surface area contributed by atoms with Crippen molar-refractivity contribution in [1.29, 1.82) is 0 Å². The highest BCUT2D eigenvalue weighted by Crippen LogP contribution is 2.16. The number of aromatic nitrogens is 3. The van der Waals surface area contributed by atoms with E-state index in [0.717, 1.165) is 16.1 Å². The lowest BCUT2D eigenvalue weighted by molar-refractivity contribution is -0.143. The van der Waals surface area contributed by atoms with Crippen LogP contribution in [0.15, 0.2) is 39.9 Å². The van der Waals surface area contributed by atoms with Crippen molar-refractivity contribution >= 4 is 22.5 Å². The van der Waals surface area contributed by atoms with E-state index in [9.17, 15) is 19.2 Å². The van der Waals surface area contributed by atoms with Crippen LogP contribution >= 0.6 is 0 Å². The molecule has 0 saturated carbocycles. The van der Waals surface area contributed by atoms with Crippen LogP contribution in [0, 0.1) is 13.8 Å². The number of ketones is 1. The molecule has 0 aliphatic heterocycles. The summed E-state index contributed by atoms with van der Waals surface area (Å²) >= 11 is 0. The number of hydrogen-bond acceptors (Lipinski definition) is 6. The first-order valence-corrected chi connectivity index (χ1v) is 9.39. The average molecular weight is 413 g/mol. The van der Waals surface area contributed by atoms with Gasteiger partial charge in [-0.1, -0.05) is 12.1 Å². The summed E-state index contributed by atoms with van der Waals surface area (Å²) in [5.41, 5.74) is 1.13. The van der Waals surface area contributed by atoms with E-state index in [4.69, 9.17) is 9.47 Å². The Hall–Kier alpha value is -3.46. The van der Waals surface area contributed by atoms with Crippen LogP contribution in [0.25, 0.3) is 10.8 Å². The smallest absolute Gasteiger partial charge is 0.328 e. The van der Waals surface area contributed by atoms with Gasteiger partial charge in [0, 0.05) is 30.6 Å². The second kappa shape index (κ2) is 8.91. The van der Waals surface area contributed by atoms with E-state index in [1.807, 2.05) is 18.4 Å². The predicted octanol–water partition coefficient (Wildman–Crippen LogP) is 1.18. The molecule has 0 radical (unpaired) electrons. The first kappa shape index (κ1) is 21.3. The molecule has 0 aliphatic carbocycles. The number of rotatable bonds is 8. The van der Waals surface area contributed by atoms with Crippen molar-refractivity contribution in [2.75, 3.05) is 20.3 Å². The average Bonchev–Trinajstić information content (AvgIpc) is 3.02. The first-order valence-electron chi connectivity index (χ1n) is 9.39. The highest BCUT2D eigenvalue weighted by molar-refractivity contribution is 5.99. The molecule has 0 spiro atoms. The fourth-order valence-corrected chi connectivity index (χ4v) is 3.37. The Bertz CT molecular complexity index is 1220. The number of methoxy groups -OCH3 is 1. The number of H-pyrrole nitrogens is 1. The second-order valence-electron chi connectivity index (χ2n) is 6.89. The van der Waals surface area contributed by atoms with Crippen LogP contribution in [0.2, 0.25) is 0 Å². The molecule has 0 amide bonds. The van der Waals surface area contributed by atoms with Crippen LogP contribution in [0.4, 0.5) is 0 Å². The molecule has 0 fully saturated rings. The lowest BCUT2D eigenvalue weighted by atomic mass is 10.1. The predicted molar refractivity (Wildman–Crippen MR) is 110 cm³/mol. The fourth-order valence-electron chi connectivity index (χ4n) is 3.37. The number of aryl methyl sites for hydroxylation is 1. The van der Waals surface area contributed by atoms with Crippen molar-refractivity contribution in [2.45, 2.75) is 26.9 Å². The summed E-state index contributed by atoms with van der Waals surface area (Å²) < 4.78 is 13.0. The van der Waals surface area contributed by atoms with Gasteiger partial charge in [-0.2, -0.15) is 0 Å². The molecule has 0 bridgehead atoms. The largest absolute Gasteiger partial charge is 0.456 e. The zero-order valence-electron chi connectivity index (χ0n) is 17.1. The normalized spacial score (nSPS) is 11.0. The minimum Gasteiger partial charge on any atom is -0.456 e. The quantitative estimate of drug-likeness (QED) is 0.438. The molecule has 158 valence electrons. The Morgan fingerprint density at radius 3 is 2.50 bits per heavy atom. The number of nitrogens with one attached hydrogen (secondary N) is 1. The number of Topliss-reactive ketones (excluding diaryl/α,β-unsaturated/α-hetero) is 1. The molecule has 2 aromatic heterocycles. The summed E-state index contributed by atoms with van der Waals surface area (Å²) in [5, 5.41) is 2.80. The third-order valence-corrected chi connectivity index (χ3v) is 4.93. The summed E-state index contributed by atoms with van der Waals surface area (Å²) in [7, 11) is 1.60. The minimum absolute atomic E-state index is 0.202. The van der Waals surface area contributed by atoms with Gasteiger partial charge in [0.05, 0.1) is 17.4 Å². The summed E-state index contributed by atoms with van der Waals surface area (Å²) in [6.45, 7) is 3.86. The molecular weight excluding hydrogens is 390 g/mol. The minimum atomic E-state index is -0.801. The highest BCUT2D eigenvalue weighted by atomic mass is 16.5. The van der Waals surface area contributed by atoms with Gasteiger partial charge >= 0.3 is 5.97 Å². The summed E-state index contributed by atoms with van der Waals surface area (Å²) in [5.74, 6) is -1.15. The van der Waals surface area contributed by atoms with Gasteiger partial charge < -0.3 is 14.0 Å². The number of esters is 1. The standard InChI is InChI=1S/C21H23N3O6/c1-13-10-17(14(2)23(13)8-9-29-3)18(25)12-30-19(26)11-24-21(28)16-7-5-4-6-15(16)20(27)22-24/h4-7,10H,8-9,11-12H2,1-3H3,(H,22,27). The number of benzene rings is 1. The second-order valence-corrected chi connectivity index (χ2v) is 6.89. The van der Waals surface area contributed by atoms with Gasteiger partial charge in [-0.05, 0) is 32.0 Å². The van der Waals surface area contributed by atoms with E-state index >= 15 is 0 Å². The number of aromatic amines is 1. The zero-order chi connectivity index (χ0) is 21.8. The Morgan fingerprint density at radius 1 is 1.10 bits per heavy atom. The van der Waals surface area contributed by atoms with E-state index in [2.05, 4.69) is 5.10 Å². The van der Waals surface area contributed by atoms with Gasteiger partial charge in [0.25, 0.3) is 11.1 Å². The molecule has 0 saturated heterocycles. The van der Waals surface area contributed by atoms with Crippen molar-refractivity contribution in [3.63, 3.8) is 0 Å². The molecule has 30 heavy (non-hydrogen) atoms. The summed E-state index contributed by atoms with van der Waals surface area (Å²) in [6, 6.07) is 8.06. The van der Waals surface area contributed by atoms with Crippen molar-refractivity contribution in [3.8, 4) is 0 Å². The summed E-state index contributed by atoms with van der Waals surface area (Å²) in [4.78, 5) is 49.2. The Morgan fingerprint density at radius 2 is 1.80 bits per heavy atom. The van der Waals surface area contributed by atoms with Crippen molar-refractivity contribution in [1.82, 2.24) is 14.3 Å². The molecule has 9 nitrogen and oxygen atoms in total. The van der Waals surface area contributed by atoms with Crippen LogP contribution in [-0.4, -0.2) is 46.4 Å². The van der Waals surface area contributed by atoms with E-state index in [0.29, 0.717) is 18.7 Å². The SMILES string of the molecule is COCCn1c(C)cc(C(=O)COC(=O)Cn2[nH]c(=O)c3ccccc3c2=O)c1C. The molecule has 3 rings (SSSR count). The Kier molecular flexibility index (Phi) is 6.31. The third-order valence-electron chi connectivity index (χ3n) is 4.93. The lowest BCUT2D eigenvalue weighted by Gasteiger charge is -2.09. The van der Waals surface area contributed by atoms with Crippen LogP contribution in [0.1, 0.15) is 21.7 Å². The number of carbonyl (C=O) groups is 2. The molecule has 9 heteroatoms. The topological polar surface area (TPSA) is 112 Å². The summed E-state index contributed by atoms with van der Waals surface area (Å²) in [6.07, 6.45) is 0. The van der Waals surface area contributed by atoms with Crippen LogP contribution in [-0.2, 0) is 27.4 Å². The molecule has 3 aromatic rings. The van der Waals surface area contributed by atoms with E-state index in [1.54, 1.807) is 25.3 Å². The molecule has 2 heterocycles. The molecule has 0 unspecified atom stereocenters. The highest BCUT2D eigenvalue weighted by Gasteiger charge is 2.18. The van der Waals surface area contributed by atoms with Gasteiger partial charge in [0.15, 0.2) is 6.61 Å². The lowest BCUT2D eigenvalue weighted by Crippen LogP contribution is -2.33. The van der Waals surface area contributed by atoms with Crippen molar-refractivity contribution < 1.29 is 19.1 Å². The number of nitrogens with zero attached hydrogens (tertiary/aromatic N) is 2. The van der Waals surface area contributed by atoms with Crippen molar-refractivity contribution in [3.05, 3.63) is 68.0 Å². The fraction of sp³-hybridized carbons (Fsp3) is 0.333. The number of fused-ring (bicyclic) bond motifs is 1. The van der Waals surface area contributed by atoms with Gasteiger partial charge in [0.1, 0.15) is 6.54 Å². The van der Waals surface area contributed by atoms with Gasteiger partial charge in [-0.25, -0.2) is 4.68 Å². The molecule has 1 N–H and O–H groups in total. The maximum absolute atomic E-state index is 12.5. The van der Waals surface area contributed by atoms with Gasteiger partial charge in [0.2, 0.25) is 5.78 Å². The van der Waals surface area contributed by atoms with Crippen LogP contribution < -0.4 is 11.1 Å².